The van der Waals surface area contributed by atoms with Crippen molar-refractivity contribution in [1.29, 1.82) is 0 Å². The zero-order valence-corrected chi connectivity index (χ0v) is 8.97. The molecule has 0 saturated heterocycles. The van der Waals surface area contributed by atoms with Gasteiger partial charge in [0, 0.05) is 0 Å². The third-order valence-electron chi connectivity index (χ3n) is 1.27. The first-order valence-electron chi connectivity index (χ1n) is 2.94. The molecule has 1 rings (SSSR count). The average Bonchev–Trinajstić information content (AvgIpc) is 1.90. The lowest BCUT2D eigenvalue weighted by atomic mass is 10.2. The Morgan fingerprint density at radius 2 is 1.78 bits per heavy atom. The summed E-state index contributed by atoms with van der Waals surface area (Å²) in [7, 11) is 0. The highest BCUT2D eigenvalue weighted by Crippen LogP contribution is 1.92. The van der Waals surface area contributed by atoms with E-state index in [1.165, 1.54) is 5.56 Å². The van der Waals surface area contributed by atoms with Crippen LogP contribution in [-0.4, -0.2) is 16.5 Å². The van der Waals surface area contributed by atoms with Crippen LogP contribution in [0.5, 0.6) is 0 Å². The van der Waals surface area contributed by atoms with Crippen LogP contribution in [0.1, 0.15) is 5.56 Å². The van der Waals surface area contributed by atoms with Crippen molar-refractivity contribution in [2.45, 2.75) is 6.92 Å². The number of hydrogen-bond acceptors (Lipinski definition) is 0. The van der Waals surface area contributed by atoms with Gasteiger partial charge in [-0.25, -0.2) is 0 Å². The second kappa shape index (κ2) is 3.78. The topological polar surface area (TPSA) is 0 Å². The maximum absolute atomic E-state index is 2.50. The zero-order valence-electron chi connectivity index (χ0n) is 5.39. The average molecular weight is 242 g/mol. The molecule has 2 heteroatoms. The van der Waals surface area contributed by atoms with E-state index in [-0.39, 0.29) is 16.5 Å². The number of rotatable bonds is 1. The summed E-state index contributed by atoms with van der Waals surface area (Å²) < 4.78 is 1.54. The molecule has 0 radical (unpaired) electrons. The van der Waals surface area contributed by atoms with Gasteiger partial charge in [-0.1, -0.05) is 29.8 Å². The van der Waals surface area contributed by atoms with Crippen molar-refractivity contribution in [2.24, 2.45) is 0 Å². The third-order valence-corrected chi connectivity index (χ3v) is 4.70. The van der Waals surface area contributed by atoms with Crippen LogP contribution in [0, 0.1) is 6.92 Å². The third kappa shape index (κ3) is 2.43. The van der Waals surface area contributed by atoms with E-state index in [0.717, 1.165) is 0 Å². The number of hydrogen-bond donors (Lipinski definition) is 0. The van der Waals surface area contributed by atoms with Crippen molar-refractivity contribution in [3.63, 3.8) is 0 Å². The smallest absolute Gasteiger partial charge is 0.291 e. The van der Waals surface area contributed by atoms with Gasteiger partial charge < -0.3 is 0 Å². The lowest BCUT2D eigenvalue weighted by Crippen LogP contribution is -2.05. The Bertz CT molecular complexity index is 181. The molecule has 44 valence electrons. The van der Waals surface area contributed by atoms with E-state index >= 15 is 0 Å². The molecular formula is C7H7IMg. The minimum Gasteiger partial charge on any atom is -0.291 e. The number of benzene rings is 1. The summed E-state index contributed by atoms with van der Waals surface area (Å²) in [5.41, 5.74) is 1.36. The molecule has 0 N–H and O–H groups in total. The van der Waals surface area contributed by atoms with E-state index < -0.39 is 0 Å². The van der Waals surface area contributed by atoms with Gasteiger partial charge in [0.2, 0.25) is 0 Å². The van der Waals surface area contributed by atoms with Gasteiger partial charge in [-0.2, -0.15) is 3.69 Å². The first kappa shape index (κ1) is 7.82. The fraction of sp³-hybridized carbons (Fsp3) is 0.143. The van der Waals surface area contributed by atoms with E-state index in [0.29, 0.717) is 0 Å². The maximum atomic E-state index is 2.50. The molecular weight excluding hydrogens is 235 g/mol. The predicted octanol–water partition coefficient (Wildman–Crippen LogP) is 1.67. The molecule has 0 aliphatic rings. The lowest BCUT2D eigenvalue weighted by molar-refractivity contribution is 1.49. The molecule has 0 aliphatic carbocycles. The highest BCUT2D eigenvalue weighted by molar-refractivity contribution is 14.1. The van der Waals surface area contributed by atoms with Gasteiger partial charge >= 0.3 is 16.5 Å². The molecule has 0 amide bonds. The van der Waals surface area contributed by atoms with Gasteiger partial charge in [-0.05, 0) is 6.92 Å². The molecule has 0 nitrogen and oxygen atoms in total. The molecule has 0 fully saturated rings. The first-order valence-corrected chi connectivity index (χ1v) is 8.76. The van der Waals surface area contributed by atoms with E-state index in [1.54, 1.807) is 3.69 Å². The molecule has 0 heterocycles. The Balaban J connectivity index is 2.88. The Labute approximate surface area is 75.1 Å². The molecule has 1 aromatic carbocycles. The summed E-state index contributed by atoms with van der Waals surface area (Å²) in [5, 5.41) is 0. The standard InChI is InChI=1S/C7H7.HI.Mg/c1-7-5-3-2-4-6-7;;/h3-6H,1H3;1H;/q;;+1/p-1. The SMILES string of the molecule is Cc1cc[c]([Mg][I])cc1. The van der Waals surface area contributed by atoms with E-state index in [9.17, 15) is 0 Å². The number of aryl methyl sites for hydroxylation is 1. The molecule has 0 unspecified atom stereocenters. The highest BCUT2D eigenvalue weighted by Gasteiger charge is 1.91. The molecule has 0 spiro atoms. The van der Waals surface area contributed by atoms with Crippen LogP contribution in [0.15, 0.2) is 24.3 Å². The van der Waals surface area contributed by atoms with Crippen LogP contribution in [0.4, 0.5) is 0 Å². The largest absolute Gasteiger partial charge is 0.502 e. The van der Waals surface area contributed by atoms with E-state index in [4.69, 9.17) is 0 Å². The first-order chi connectivity index (χ1) is 4.33. The Morgan fingerprint density at radius 3 is 2.22 bits per heavy atom. The van der Waals surface area contributed by atoms with Crippen molar-refractivity contribution in [2.75, 3.05) is 0 Å². The highest BCUT2D eigenvalue weighted by atomic mass is 127. The lowest BCUT2D eigenvalue weighted by Gasteiger charge is -1.93. The molecule has 0 bridgehead atoms. The Kier molecular flexibility index (Phi) is 3.28. The molecule has 9 heavy (non-hydrogen) atoms. The normalized spacial score (nSPS) is 8.67. The fourth-order valence-corrected chi connectivity index (χ4v) is 2.62. The minimum atomic E-state index is 0.0453. The van der Waals surface area contributed by atoms with Crippen molar-refractivity contribution in [1.82, 2.24) is 0 Å². The second-order valence-corrected chi connectivity index (χ2v) is 5.49. The van der Waals surface area contributed by atoms with Crippen molar-refractivity contribution >= 4 is 39.0 Å². The molecule has 1 aromatic rings. The molecule has 0 saturated carbocycles. The van der Waals surface area contributed by atoms with Crippen molar-refractivity contribution in [3.8, 4) is 0 Å². The number of halogens is 1. The summed E-state index contributed by atoms with van der Waals surface area (Å²) in [6.07, 6.45) is 0. The molecule has 0 aromatic heterocycles. The molecule has 0 atom stereocenters. The van der Waals surface area contributed by atoms with E-state index in [1.807, 2.05) is 0 Å². The van der Waals surface area contributed by atoms with Gasteiger partial charge in [0.25, 0.3) is 0 Å². The summed E-state index contributed by atoms with van der Waals surface area (Å²) in [6.45, 7) is 2.12. The van der Waals surface area contributed by atoms with Gasteiger partial charge in [0.1, 0.15) is 0 Å². The van der Waals surface area contributed by atoms with Gasteiger partial charge in [0.15, 0.2) is 0 Å². The van der Waals surface area contributed by atoms with Crippen LogP contribution in [-0.2, 0) is 0 Å². The summed E-state index contributed by atoms with van der Waals surface area (Å²) in [4.78, 5) is 0. The van der Waals surface area contributed by atoms with Crippen LogP contribution >= 0.6 is 18.9 Å². The van der Waals surface area contributed by atoms with Gasteiger partial charge in [-0.15, -0.1) is 0 Å². The molecule has 0 aliphatic heterocycles. The summed E-state index contributed by atoms with van der Waals surface area (Å²) in [5.74, 6) is 0. The minimum absolute atomic E-state index is 0.0453. The summed E-state index contributed by atoms with van der Waals surface area (Å²) in [6, 6.07) is 8.82. The monoisotopic (exact) mass is 242 g/mol. The van der Waals surface area contributed by atoms with Crippen molar-refractivity contribution in [3.05, 3.63) is 29.8 Å². The van der Waals surface area contributed by atoms with E-state index in [2.05, 4.69) is 50.0 Å². The maximum Gasteiger partial charge on any atom is 0.502 e. The van der Waals surface area contributed by atoms with Gasteiger partial charge in [-0.3, -0.25) is 18.9 Å². The summed E-state index contributed by atoms with van der Waals surface area (Å²) >= 11 is 2.55. The zero-order chi connectivity index (χ0) is 6.69. The van der Waals surface area contributed by atoms with Crippen LogP contribution < -0.4 is 3.69 Å². The van der Waals surface area contributed by atoms with Crippen LogP contribution in [0.2, 0.25) is 0 Å². The Morgan fingerprint density at radius 1 is 1.22 bits per heavy atom. The van der Waals surface area contributed by atoms with Crippen LogP contribution in [0.3, 0.4) is 0 Å². The fourth-order valence-electron chi connectivity index (χ4n) is 0.677. The quantitative estimate of drug-likeness (QED) is 0.519. The second-order valence-electron chi connectivity index (χ2n) is 2.12. The Hall–Kier alpha value is 0.716. The predicted molar refractivity (Wildman–Crippen MR) is 50.6 cm³/mol. The van der Waals surface area contributed by atoms with Crippen molar-refractivity contribution < 1.29 is 0 Å². The van der Waals surface area contributed by atoms with Gasteiger partial charge in [0.05, 0.1) is 0 Å². The van der Waals surface area contributed by atoms with Crippen LogP contribution in [0.25, 0.3) is 0 Å².